The lowest BCUT2D eigenvalue weighted by Crippen LogP contribution is -2.32. The highest BCUT2D eigenvalue weighted by Gasteiger charge is 2.46. The molecule has 1 fully saturated rings. The van der Waals surface area contributed by atoms with Gasteiger partial charge >= 0.3 is 0 Å². The van der Waals surface area contributed by atoms with Gasteiger partial charge in [0.1, 0.15) is 5.82 Å². The molecule has 2 N–H and O–H groups in total. The van der Waals surface area contributed by atoms with E-state index in [2.05, 4.69) is 9.71 Å². The van der Waals surface area contributed by atoms with Crippen LogP contribution in [-0.2, 0) is 15.4 Å². The van der Waals surface area contributed by atoms with E-state index < -0.39 is 10.0 Å². The Kier molecular flexibility index (Phi) is 3.86. The number of nitrogens with one attached hydrogen (secondary N) is 2. The van der Waals surface area contributed by atoms with Crippen molar-refractivity contribution in [3.8, 4) is 0 Å². The van der Waals surface area contributed by atoms with E-state index in [-0.39, 0.29) is 22.7 Å². The number of benzene rings is 2. The number of aromatic nitrogens is 1. The minimum Gasteiger partial charge on any atom is -0.361 e. The van der Waals surface area contributed by atoms with E-state index in [0.29, 0.717) is 5.02 Å². The van der Waals surface area contributed by atoms with E-state index in [0.717, 1.165) is 29.3 Å². The molecule has 4 nitrogen and oxygen atoms in total. The van der Waals surface area contributed by atoms with E-state index >= 15 is 0 Å². The molecule has 1 aromatic heterocycles. The Morgan fingerprint density at radius 1 is 1.16 bits per heavy atom. The summed E-state index contributed by atoms with van der Waals surface area (Å²) in [7, 11) is -3.62. The smallest absolute Gasteiger partial charge is 0.240 e. The Morgan fingerprint density at radius 3 is 2.56 bits per heavy atom. The van der Waals surface area contributed by atoms with Crippen LogP contribution in [0.2, 0.25) is 5.02 Å². The van der Waals surface area contributed by atoms with Crippen LogP contribution in [-0.4, -0.2) is 19.9 Å². The first kappa shape index (κ1) is 16.6. The van der Waals surface area contributed by atoms with Gasteiger partial charge in [-0.05, 0) is 60.9 Å². The maximum absolute atomic E-state index is 13.6. The van der Waals surface area contributed by atoms with Crippen LogP contribution in [0.25, 0.3) is 10.9 Å². The summed E-state index contributed by atoms with van der Waals surface area (Å²) in [4.78, 5) is 3.32. The lowest BCUT2D eigenvalue weighted by atomic mass is 9.96. The molecule has 1 saturated carbocycles. The Hall–Kier alpha value is -1.89. The number of rotatable bonds is 5. The number of hydrogen-bond donors (Lipinski definition) is 2. The Bertz CT molecular complexity index is 1040. The van der Waals surface area contributed by atoms with E-state index in [4.69, 9.17) is 11.6 Å². The predicted octanol–water partition coefficient (Wildman–Crippen LogP) is 3.97. The van der Waals surface area contributed by atoms with E-state index in [9.17, 15) is 12.8 Å². The monoisotopic (exact) mass is 378 g/mol. The summed E-state index contributed by atoms with van der Waals surface area (Å²) < 4.78 is 41.2. The summed E-state index contributed by atoms with van der Waals surface area (Å²) >= 11 is 5.81. The molecule has 0 amide bonds. The first-order valence-corrected chi connectivity index (χ1v) is 9.78. The van der Waals surface area contributed by atoms with Crippen LogP contribution in [0.4, 0.5) is 4.39 Å². The van der Waals surface area contributed by atoms with Crippen LogP contribution >= 0.6 is 11.6 Å². The van der Waals surface area contributed by atoms with Crippen molar-refractivity contribution in [3.63, 3.8) is 0 Å². The second kappa shape index (κ2) is 5.83. The summed E-state index contributed by atoms with van der Waals surface area (Å²) in [5, 5.41) is 1.29. The summed E-state index contributed by atoms with van der Waals surface area (Å²) in [6.07, 6.45) is 3.58. The maximum atomic E-state index is 13.6. The van der Waals surface area contributed by atoms with Gasteiger partial charge in [-0.2, -0.15) is 0 Å². The van der Waals surface area contributed by atoms with E-state index in [1.165, 1.54) is 24.3 Å². The van der Waals surface area contributed by atoms with Gasteiger partial charge in [0.25, 0.3) is 0 Å². The Morgan fingerprint density at radius 2 is 1.88 bits per heavy atom. The van der Waals surface area contributed by atoms with Crippen LogP contribution in [0.15, 0.2) is 53.6 Å². The molecule has 0 aliphatic heterocycles. The molecule has 3 aromatic rings. The van der Waals surface area contributed by atoms with Gasteiger partial charge in [0, 0.05) is 34.1 Å². The van der Waals surface area contributed by atoms with Gasteiger partial charge in [-0.25, -0.2) is 17.5 Å². The first-order chi connectivity index (χ1) is 11.9. The SMILES string of the molecule is O=S(=O)(NCC1(c2c[nH]c3ccc(F)cc23)CC1)c1ccc(Cl)cc1. The molecular weight excluding hydrogens is 363 g/mol. The predicted molar refractivity (Wildman–Crippen MR) is 95.8 cm³/mol. The Balaban J connectivity index is 1.59. The molecule has 25 heavy (non-hydrogen) atoms. The normalized spacial score (nSPS) is 16.2. The van der Waals surface area contributed by atoms with Gasteiger partial charge in [-0.1, -0.05) is 11.6 Å². The molecule has 0 radical (unpaired) electrons. The van der Waals surface area contributed by atoms with E-state index in [1.807, 2.05) is 6.20 Å². The summed E-state index contributed by atoms with van der Waals surface area (Å²) in [5.74, 6) is -0.300. The van der Waals surface area contributed by atoms with Crippen LogP contribution in [0.1, 0.15) is 18.4 Å². The van der Waals surface area contributed by atoms with Gasteiger partial charge in [0.15, 0.2) is 0 Å². The quantitative estimate of drug-likeness (QED) is 0.705. The molecule has 1 aliphatic carbocycles. The molecule has 130 valence electrons. The van der Waals surface area contributed by atoms with Crippen LogP contribution < -0.4 is 4.72 Å². The molecular formula is C18H16ClFN2O2S. The van der Waals surface area contributed by atoms with Crippen molar-refractivity contribution >= 4 is 32.5 Å². The van der Waals surface area contributed by atoms with Gasteiger partial charge in [0.2, 0.25) is 10.0 Å². The minimum atomic E-state index is -3.62. The van der Waals surface area contributed by atoms with Gasteiger partial charge < -0.3 is 4.98 Å². The van der Waals surface area contributed by atoms with E-state index in [1.54, 1.807) is 18.2 Å². The first-order valence-electron chi connectivity index (χ1n) is 7.92. The van der Waals surface area contributed by atoms with Gasteiger partial charge in [0.05, 0.1) is 4.90 Å². The van der Waals surface area contributed by atoms with Crippen LogP contribution in [0.3, 0.4) is 0 Å². The molecule has 1 heterocycles. The lowest BCUT2D eigenvalue weighted by molar-refractivity contribution is 0.567. The zero-order valence-corrected chi connectivity index (χ0v) is 14.8. The van der Waals surface area contributed by atoms with Crippen molar-refractivity contribution in [1.82, 2.24) is 9.71 Å². The van der Waals surface area contributed by atoms with Crippen molar-refractivity contribution in [2.75, 3.05) is 6.54 Å². The second-order valence-electron chi connectivity index (χ2n) is 6.45. The standard InChI is InChI=1S/C18H16ClFN2O2S/c19-12-1-4-14(5-2-12)25(23,24)22-11-18(7-8-18)16-10-21-17-6-3-13(20)9-15(16)17/h1-6,9-10,21-22H,7-8,11H2. The number of H-pyrrole nitrogens is 1. The summed E-state index contributed by atoms with van der Waals surface area (Å²) in [6.45, 7) is 0.279. The fraction of sp³-hybridized carbons (Fsp3) is 0.222. The fourth-order valence-electron chi connectivity index (χ4n) is 3.15. The highest BCUT2D eigenvalue weighted by Crippen LogP contribution is 2.50. The average Bonchev–Trinajstić information content (AvgIpc) is 3.26. The average molecular weight is 379 g/mol. The minimum absolute atomic E-state index is 0.178. The van der Waals surface area contributed by atoms with Crippen LogP contribution in [0.5, 0.6) is 0 Å². The molecule has 2 aromatic carbocycles. The maximum Gasteiger partial charge on any atom is 0.240 e. The number of sulfonamides is 1. The summed E-state index contributed by atoms with van der Waals surface area (Å²) in [5.41, 5.74) is 1.52. The topological polar surface area (TPSA) is 62.0 Å². The molecule has 7 heteroatoms. The third kappa shape index (κ3) is 3.05. The molecule has 0 spiro atoms. The number of aromatic amines is 1. The molecule has 0 unspecified atom stereocenters. The van der Waals surface area contributed by atoms with Crippen molar-refractivity contribution in [3.05, 3.63) is 65.1 Å². The highest BCUT2D eigenvalue weighted by molar-refractivity contribution is 7.89. The van der Waals surface area contributed by atoms with Crippen molar-refractivity contribution in [2.24, 2.45) is 0 Å². The third-order valence-corrected chi connectivity index (χ3v) is 6.46. The molecule has 0 saturated heterocycles. The van der Waals surface area contributed by atoms with Crippen molar-refractivity contribution in [2.45, 2.75) is 23.2 Å². The zero-order chi connectivity index (χ0) is 17.7. The Labute approximate surface area is 150 Å². The largest absolute Gasteiger partial charge is 0.361 e. The second-order valence-corrected chi connectivity index (χ2v) is 8.65. The van der Waals surface area contributed by atoms with Crippen LogP contribution in [0, 0.1) is 5.82 Å². The fourth-order valence-corrected chi connectivity index (χ4v) is 4.41. The number of halogens is 2. The molecule has 1 aliphatic rings. The zero-order valence-electron chi connectivity index (χ0n) is 13.2. The number of fused-ring (bicyclic) bond motifs is 1. The molecule has 4 rings (SSSR count). The van der Waals surface area contributed by atoms with Crippen molar-refractivity contribution < 1.29 is 12.8 Å². The highest BCUT2D eigenvalue weighted by atomic mass is 35.5. The molecule has 0 bridgehead atoms. The lowest BCUT2D eigenvalue weighted by Gasteiger charge is -2.16. The third-order valence-electron chi connectivity index (χ3n) is 4.79. The van der Waals surface area contributed by atoms with Crippen molar-refractivity contribution in [1.29, 1.82) is 0 Å². The molecule has 0 atom stereocenters. The van der Waals surface area contributed by atoms with Gasteiger partial charge in [-0.3, -0.25) is 0 Å². The van der Waals surface area contributed by atoms with Gasteiger partial charge in [-0.15, -0.1) is 0 Å². The summed E-state index contributed by atoms with van der Waals surface area (Å²) in [6, 6.07) is 10.6. The number of hydrogen-bond acceptors (Lipinski definition) is 2.